The number of benzene rings is 2. The van der Waals surface area contributed by atoms with Gasteiger partial charge in [0.1, 0.15) is 5.75 Å². The Morgan fingerprint density at radius 3 is 2.74 bits per heavy atom. The Morgan fingerprint density at radius 2 is 1.96 bits per heavy atom. The molecule has 142 valence electrons. The maximum absolute atomic E-state index is 12.3. The molecule has 1 heterocycles. The maximum Gasteiger partial charge on any atom is 0.251 e. The van der Waals surface area contributed by atoms with E-state index in [1.54, 1.807) is 24.3 Å². The molecule has 0 aliphatic carbocycles. The van der Waals surface area contributed by atoms with E-state index in [-0.39, 0.29) is 17.9 Å². The molecule has 0 fully saturated rings. The van der Waals surface area contributed by atoms with Crippen LogP contribution in [-0.2, 0) is 4.79 Å². The Balaban J connectivity index is 1.44. The van der Waals surface area contributed by atoms with Gasteiger partial charge in [-0.15, -0.1) is 0 Å². The third kappa shape index (κ3) is 5.47. The summed E-state index contributed by atoms with van der Waals surface area (Å²) in [5.74, 6) is 0.605. The van der Waals surface area contributed by atoms with Gasteiger partial charge in [0.05, 0.1) is 12.6 Å². The minimum absolute atomic E-state index is 0.0337. The molecule has 0 aromatic heterocycles. The van der Waals surface area contributed by atoms with E-state index in [1.807, 2.05) is 18.2 Å². The van der Waals surface area contributed by atoms with Crippen molar-refractivity contribution < 1.29 is 14.3 Å². The summed E-state index contributed by atoms with van der Waals surface area (Å²) in [6.45, 7) is 1.02. The van der Waals surface area contributed by atoms with Crippen molar-refractivity contribution in [2.45, 2.75) is 25.3 Å². The average molecular weight is 452 g/mol. The molecule has 27 heavy (non-hydrogen) atoms. The minimum Gasteiger partial charge on any atom is -0.493 e. The highest BCUT2D eigenvalue weighted by molar-refractivity contribution is 9.10. The van der Waals surface area contributed by atoms with Crippen molar-refractivity contribution in [1.29, 1.82) is 0 Å². The minimum atomic E-state index is -0.171. The molecule has 3 rings (SSSR count). The van der Waals surface area contributed by atoms with Crippen molar-refractivity contribution >= 4 is 39.3 Å². The summed E-state index contributed by atoms with van der Waals surface area (Å²) in [4.78, 5) is 24.3. The molecule has 5 nitrogen and oxygen atoms in total. The number of ether oxygens (including phenoxy) is 1. The summed E-state index contributed by atoms with van der Waals surface area (Å²) in [6.07, 6.45) is 1.66. The Hall–Kier alpha value is -2.05. The van der Waals surface area contributed by atoms with Crippen LogP contribution in [0, 0.1) is 0 Å². The SMILES string of the molecule is O=C(CCCNC(=O)c1ccc(Cl)cc1)NC1CCOc2ccc(Br)cc21. The third-order valence-corrected chi connectivity index (χ3v) is 5.06. The van der Waals surface area contributed by atoms with E-state index in [2.05, 4.69) is 26.6 Å². The monoisotopic (exact) mass is 450 g/mol. The highest BCUT2D eigenvalue weighted by atomic mass is 79.9. The van der Waals surface area contributed by atoms with Gasteiger partial charge in [-0.05, 0) is 48.9 Å². The molecule has 1 atom stereocenters. The van der Waals surface area contributed by atoms with Crippen LogP contribution in [0.2, 0.25) is 5.02 Å². The molecule has 2 aromatic carbocycles. The zero-order valence-electron chi connectivity index (χ0n) is 14.6. The number of nitrogens with one attached hydrogen (secondary N) is 2. The molecule has 0 bridgehead atoms. The predicted molar refractivity (Wildman–Crippen MR) is 108 cm³/mol. The van der Waals surface area contributed by atoms with Crippen LogP contribution in [0.4, 0.5) is 0 Å². The first-order valence-electron chi connectivity index (χ1n) is 8.78. The molecule has 7 heteroatoms. The second-order valence-corrected chi connectivity index (χ2v) is 7.66. The normalized spacial score (nSPS) is 15.4. The van der Waals surface area contributed by atoms with Crippen molar-refractivity contribution in [3.8, 4) is 5.75 Å². The van der Waals surface area contributed by atoms with Crippen molar-refractivity contribution in [3.05, 3.63) is 63.1 Å². The fourth-order valence-corrected chi connectivity index (χ4v) is 3.44. The third-order valence-electron chi connectivity index (χ3n) is 4.32. The molecule has 1 unspecified atom stereocenters. The standard InChI is InChI=1S/C20H20BrClN2O3/c21-14-5-8-18-16(12-14)17(9-11-27-18)24-19(25)2-1-10-23-20(26)13-3-6-15(22)7-4-13/h3-8,12,17H,1-2,9-11H2,(H,23,26)(H,24,25). The van der Waals surface area contributed by atoms with E-state index in [0.29, 0.717) is 36.6 Å². The fourth-order valence-electron chi connectivity index (χ4n) is 2.94. The Kier molecular flexibility index (Phi) is 6.74. The highest BCUT2D eigenvalue weighted by Gasteiger charge is 2.23. The zero-order chi connectivity index (χ0) is 19.2. The molecule has 2 N–H and O–H groups in total. The number of carbonyl (C=O) groups is 2. The lowest BCUT2D eigenvalue weighted by Crippen LogP contribution is -2.33. The molecular weight excluding hydrogens is 432 g/mol. The molecule has 2 aromatic rings. The molecule has 1 aliphatic rings. The molecule has 0 radical (unpaired) electrons. The van der Waals surface area contributed by atoms with Crippen LogP contribution < -0.4 is 15.4 Å². The lowest BCUT2D eigenvalue weighted by molar-refractivity contribution is -0.122. The molecule has 1 aliphatic heterocycles. The van der Waals surface area contributed by atoms with Gasteiger partial charge in [-0.2, -0.15) is 0 Å². The first kappa shape index (κ1) is 19.7. The summed E-state index contributed by atoms with van der Waals surface area (Å²) < 4.78 is 6.59. The summed E-state index contributed by atoms with van der Waals surface area (Å²) in [5, 5.41) is 6.46. The van der Waals surface area contributed by atoms with Crippen LogP contribution in [0.25, 0.3) is 0 Å². The van der Waals surface area contributed by atoms with E-state index in [9.17, 15) is 9.59 Å². The van der Waals surface area contributed by atoms with Gasteiger partial charge in [-0.1, -0.05) is 27.5 Å². The maximum atomic E-state index is 12.3. The molecule has 2 amide bonds. The largest absolute Gasteiger partial charge is 0.493 e. The summed E-state index contributed by atoms with van der Waals surface area (Å²) >= 11 is 9.27. The number of carbonyl (C=O) groups excluding carboxylic acids is 2. The van der Waals surface area contributed by atoms with Gasteiger partial charge < -0.3 is 15.4 Å². The second kappa shape index (κ2) is 9.24. The van der Waals surface area contributed by atoms with Crippen LogP contribution in [0.3, 0.4) is 0 Å². The molecule has 0 spiro atoms. The van der Waals surface area contributed by atoms with E-state index in [0.717, 1.165) is 22.2 Å². The van der Waals surface area contributed by atoms with Crippen LogP contribution >= 0.6 is 27.5 Å². The van der Waals surface area contributed by atoms with Crippen LogP contribution in [0.1, 0.15) is 41.2 Å². The number of amides is 2. The van der Waals surface area contributed by atoms with Crippen LogP contribution in [0.15, 0.2) is 46.9 Å². The Bertz CT molecular complexity index is 826. The number of hydrogen-bond donors (Lipinski definition) is 2. The number of rotatable bonds is 6. The van der Waals surface area contributed by atoms with Crippen molar-refractivity contribution in [3.63, 3.8) is 0 Å². The average Bonchev–Trinajstić information content (AvgIpc) is 2.66. The lowest BCUT2D eigenvalue weighted by atomic mass is 10.0. The Labute approximate surface area is 171 Å². The topological polar surface area (TPSA) is 67.4 Å². The summed E-state index contributed by atoms with van der Waals surface area (Å²) in [5.41, 5.74) is 1.54. The second-order valence-electron chi connectivity index (χ2n) is 6.31. The first-order valence-corrected chi connectivity index (χ1v) is 9.95. The first-order chi connectivity index (χ1) is 13.0. The van der Waals surface area contributed by atoms with Gasteiger partial charge in [-0.3, -0.25) is 9.59 Å². The number of halogens is 2. The van der Waals surface area contributed by atoms with Crippen molar-refractivity contribution in [1.82, 2.24) is 10.6 Å². The molecule has 0 saturated heterocycles. The fraction of sp³-hybridized carbons (Fsp3) is 0.300. The van der Waals surface area contributed by atoms with E-state index < -0.39 is 0 Å². The highest BCUT2D eigenvalue weighted by Crippen LogP contribution is 2.34. The summed E-state index contributed by atoms with van der Waals surface area (Å²) in [7, 11) is 0. The van der Waals surface area contributed by atoms with Crippen LogP contribution in [-0.4, -0.2) is 25.0 Å². The van der Waals surface area contributed by atoms with Gasteiger partial charge in [0.15, 0.2) is 0 Å². The van der Waals surface area contributed by atoms with Crippen molar-refractivity contribution in [2.75, 3.05) is 13.2 Å². The zero-order valence-corrected chi connectivity index (χ0v) is 17.0. The predicted octanol–water partition coefficient (Wildman–Crippen LogP) is 4.25. The number of fused-ring (bicyclic) bond motifs is 1. The summed E-state index contributed by atoms with van der Waals surface area (Å²) in [6, 6.07) is 12.4. The van der Waals surface area contributed by atoms with Crippen LogP contribution in [0.5, 0.6) is 5.75 Å². The smallest absolute Gasteiger partial charge is 0.251 e. The van der Waals surface area contributed by atoms with E-state index in [1.165, 1.54) is 0 Å². The molecular formula is C20H20BrClN2O3. The van der Waals surface area contributed by atoms with Gasteiger partial charge in [0.25, 0.3) is 5.91 Å². The number of hydrogen-bond acceptors (Lipinski definition) is 3. The van der Waals surface area contributed by atoms with Gasteiger partial charge in [0, 0.05) is 40.0 Å². The van der Waals surface area contributed by atoms with Gasteiger partial charge >= 0.3 is 0 Å². The quantitative estimate of drug-likeness (QED) is 0.645. The van der Waals surface area contributed by atoms with E-state index in [4.69, 9.17) is 16.3 Å². The van der Waals surface area contributed by atoms with Gasteiger partial charge in [0.2, 0.25) is 5.91 Å². The van der Waals surface area contributed by atoms with Gasteiger partial charge in [-0.25, -0.2) is 0 Å². The Morgan fingerprint density at radius 1 is 1.19 bits per heavy atom. The van der Waals surface area contributed by atoms with E-state index >= 15 is 0 Å². The van der Waals surface area contributed by atoms with Crippen molar-refractivity contribution in [2.24, 2.45) is 0 Å². The lowest BCUT2D eigenvalue weighted by Gasteiger charge is -2.27. The molecule has 0 saturated carbocycles.